The molecule has 0 aliphatic heterocycles. The Hall–Kier alpha value is -0.770. The normalized spacial score (nSPS) is 12.7. The Morgan fingerprint density at radius 2 is 2.11 bits per heavy atom. The highest BCUT2D eigenvalue weighted by Crippen LogP contribution is 2.32. The number of hydrogen-bond donors (Lipinski definition) is 1. The predicted molar refractivity (Wildman–Crippen MR) is 79.1 cm³/mol. The van der Waals surface area contributed by atoms with E-state index in [4.69, 9.17) is 16.0 Å². The molecule has 0 fully saturated rings. The number of furan rings is 1. The molecule has 96 valence electrons. The van der Waals surface area contributed by atoms with E-state index < -0.39 is 0 Å². The molecule has 1 heterocycles. The fraction of sp³-hybridized carbons (Fsp3) is 0.286. The molecular formula is C14H15BrClNO. The third-order valence-corrected chi connectivity index (χ3v) is 3.68. The fourth-order valence-corrected chi connectivity index (χ4v) is 2.29. The van der Waals surface area contributed by atoms with Gasteiger partial charge in [-0.25, -0.2) is 0 Å². The molecule has 1 unspecified atom stereocenters. The first-order chi connectivity index (χ1) is 8.60. The van der Waals surface area contributed by atoms with E-state index >= 15 is 0 Å². The second-order valence-corrected chi connectivity index (χ2v) is 5.61. The molecule has 1 aromatic heterocycles. The molecule has 0 saturated carbocycles. The lowest BCUT2D eigenvalue weighted by Gasteiger charge is -2.07. The Morgan fingerprint density at radius 1 is 1.33 bits per heavy atom. The standard InChI is InChI=1S/C14H15BrClNO/c1-9(17-2)7-11-4-6-14(18-11)12-8-10(15)3-5-13(12)16/h3-6,8-9,17H,7H2,1-2H3. The van der Waals surface area contributed by atoms with E-state index in [1.54, 1.807) is 0 Å². The molecule has 4 heteroatoms. The minimum absolute atomic E-state index is 0.391. The second kappa shape index (κ2) is 5.91. The topological polar surface area (TPSA) is 25.2 Å². The number of hydrogen-bond acceptors (Lipinski definition) is 2. The molecule has 2 nitrogen and oxygen atoms in total. The van der Waals surface area contributed by atoms with Crippen molar-refractivity contribution in [1.29, 1.82) is 0 Å². The summed E-state index contributed by atoms with van der Waals surface area (Å²) in [6, 6.07) is 10.1. The maximum Gasteiger partial charge on any atom is 0.135 e. The highest BCUT2D eigenvalue weighted by Gasteiger charge is 2.10. The van der Waals surface area contributed by atoms with Crippen LogP contribution in [0.25, 0.3) is 11.3 Å². The maximum absolute atomic E-state index is 6.18. The summed E-state index contributed by atoms with van der Waals surface area (Å²) in [5, 5.41) is 3.88. The lowest BCUT2D eigenvalue weighted by molar-refractivity contribution is 0.481. The molecule has 1 aromatic carbocycles. The van der Waals surface area contributed by atoms with Gasteiger partial charge in [0.2, 0.25) is 0 Å². The fourth-order valence-electron chi connectivity index (χ4n) is 1.72. The zero-order chi connectivity index (χ0) is 13.1. The van der Waals surface area contributed by atoms with E-state index in [1.807, 2.05) is 37.4 Å². The molecule has 1 atom stereocenters. The Kier molecular flexibility index (Phi) is 4.49. The lowest BCUT2D eigenvalue weighted by atomic mass is 10.2. The molecule has 0 aliphatic rings. The van der Waals surface area contributed by atoms with Crippen molar-refractivity contribution in [3.05, 3.63) is 45.6 Å². The van der Waals surface area contributed by atoms with E-state index in [2.05, 4.69) is 28.2 Å². The van der Waals surface area contributed by atoms with E-state index in [9.17, 15) is 0 Å². The first kappa shape index (κ1) is 13.7. The van der Waals surface area contributed by atoms with Gasteiger partial charge in [0.1, 0.15) is 11.5 Å². The summed E-state index contributed by atoms with van der Waals surface area (Å²) < 4.78 is 6.82. The van der Waals surface area contributed by atoms with Crippen LogP contribution in [-0.4, -0.2) is 13.1 Å². The molecule has 2 rings (SSSR count). The van der Waals surface area contributed by atoms with Crippen LogP contribution in [0.3, 0.4) is 0 Å². The van der Waals surface area contributed by atoms with Crippen LogP contribution in [0, 0.1) is 0 Å². The van der Waals surface area contributed by atoms with Crippen molar-refractivity contribution in [3.63, 3.8) is 0 Å². The van der Waals surface area contributed by atoms with Crippen molar-refractivity contribution in [2.24, 2.45) is 0 Å². The van der Waals surface area contributed by atoms with Gasteiger partial charge < -0.3 is 9.73 Å². The summed E-state index contributed by atoms with van der Waals surface area (Å²) in [6.07, 6.45) is 0.863. The molecule has 1 N–H and O–H groups in total. The van der Waals surface area contributed by atoms with Crippen LogP contribution in [0.4, 0.5) is 0 Å². The van der Waals surface area contributed by atoms with Crippen molar-refractivity contribution >= 4 is 27.5 Å². The number of benzene rings is 1. The largest absolute Gasteiger partial charge is 0.461 e. The van der Waals surface area contributed by atoms with Crippen LogP contribution < -0.4 is 5.32 Å². The first-order valence-electron chi connectivity index (χ1n) is 5.81. The van der Waals surface area contributed by atoms with E-state index in [1.165, 1.54) is 0 Å². The van der Waals surface area contributed by atoms with Gasteiger partial charge in [-0.2, -0.15) is 0 Å². The molecule has 0 amide bonds. The van der Waals surface area contributed by atoms with Crippen molar-refractivity contribution in [3.8, 4) is 11.3 Å². The highest BCUT2D eigenvalue weighted by atomic mass is 79.9. The van der Waals surface area contributed by atoms with Crippen molar-refractivity contribution in [1.82, 2.24) is 5.32 Å². The Morgan fingerprint density at radius 3 is 2.83 bits per heavy atom. The Balaban J connectivity index is 2.26. The molecule has 0 saturated heterocycles. The molecule has 0 aliphatic carbocycles. The number of rotatable bonds is 4. The van der Waals surface area contributed by atoms with Crippen LogP contribution in [0.5, 0.6) is 0 Å². The maximum atomic E-state index is 6.18. The summed E-state index contributed by atoms with van der Waals surface area (Å²) in [6.45, 7) is 2.12. The third-order valence-electron chi connectivity index (χ3n) is 2.86. The van der Waals surface area contributed by atoms with Gasteiger partial charge >= 0.3 is 0 Å². The predicted octanol–water partition coefficient (Wildman–Crippen LogP) is 4.51. The van der Waals surface area contributed by atoms with Crippen LogP contribution >= 0.6 is 27.5 Å². The molecule has 0 bridgehead atoms. The number of halogens is 2. The van der Waals surface area contributed by atoms with Gasteiger partial charge in [-0.15, -0.1) is 0 Å². The van der Waals surface area contributed by atoms with Crippen molar-refractivity contribution in [2.75, 3.05) is 7.05 Å². The van der Waals surface area contributed by atoms with Gasteiger partial charge in [0.25, 0.3) is 0 Å². The third kappa shape index (κ3) is 3.16. The van der Waals surface area contributed by atoms with Crippen LogP contribution in [-0.2, 0) is 6.42 Å². The molecule has 2 aromatic rings. The van der Waals surface area contributed by atoms with Gasteiger partial charge in [-0.1, -0.05) is 27.5 Å². The smallest absolute Gasteiger partial charge is 0.135 e. The number of likely N-dealkylation sites (N-methyl/N-ethyl adjacent to an activating group) is 1. The molecular weight excluding hydrogens is 314 g/mol. The van der Waals surface area contributed by atoms with Gasteiger partial charge in [-0.3, -0.25) is 0 Å². The molecule has 18 heavy (non-hydrogen) atoms. The van der Waals surface area contributed by atoms with Crippen LogP contribution in [0.1, 0.15) is 12.7 Å². The van der Waals surface area contributed by atoms with Crippen molar-refractivity contribution in [2.45, 2.75) is 19.4 Å². The lowest BCUT2D eigenvalue weighted by Crippen LogP contribution is -2.23. The number of nitrogens with one attached hydrogen (secondary N) is 1. The average Bonchev–Trinajstić information content (AvgIpc) is 2.80. The van der Waals surface area contributed by atoms with E-state index in [0.717, 1.165) is 28.0 Å². The summed E-state index contributed by atoms with van der Waals surface area (Å²) in [7, 11) is 1.94. The second-order valence-electron chi connectivity index (χ2n) is 4.28. The zero-order valence-electron chi connectivity index (χ0n) is 10.3. The quantitative estimate of drug-likeness (QED) is 0.893. The summed E-state index contributed by atoms with van der Waals surface area (Å²) >= 11 is 9.62. The van der Waals surface area contributed by atoms with E-state index in [-0.39, 0.29) is 0 Å². The summed E-state index contributed by atoms with van der Waals surface area (Å²) in [5.74, 6) is 1.77. The van der Waals surface area contributed by atoms with Crippen LogP contribution in [0.15, 0.2) is 39.2 Å². The van der Waals surface area contributed by atoms with Gasteiger partial charge in [0, 0.05) is 22.5 Å². The molecule has 0 radical (unpaired) electrons. The van der Waals surface area contributed by atoms with Gasteiger partial charge in [0.15, 0.2) is 0 Å². The monoisotopic (exact) mass is 327 g/mol. The molecule has 0 spiro atoms. The summed E-state index contributed by atoms with van der Waals surface area (Å²) in [4.78, 5) is 0. The first-order valence-corrected chi connectivity index (χ1v) is 6.98. The van der Waals surface area contributed by atoms with Crippen molar-refractivity contribution < 1.29 is 4.42 Å². The van der Waals surface area contributed by atoms with Crippen LogP contribution in [0.2, 0.25) is 5.02 Å². The summed E-state index contributed by atoms with van der Waals surface area (Å²) in [5.41, 5.74) is 0.911. The average molecular weight is 329 g/mol. The minimum Gasteiger partial charge on any atom is -0.461 e. The van der Waals surface area contributed by atoms with E-state index in [0.29, 0.717) is 11.1 Å². The van der Waals surface area contributed by atoms with Gasteiger partial charge in [0.05, 0.1) is 5.02 Å². The Bertz CT molecular complexity index is 538. The Labute approximate surface area is 120 Å². The zero-order valence-corrected chi connectivity index (χ0v) is 12.7. The van der Waals surface area contributed by atoms with Gasteiger partial charge in [-0.05, 0) is 44.3 Å². The SMILES string of the molecule is CNC(C)Cc1ccc(-c2cc(Br)ccc2Cl)o1. The highest BCUT2D eigenvalue weighted by molar-refractivity contribution is 9.10. The minimum atomic E-state index is 0.391.